The van der Waals surface area contributed by atoms with E-state index in [4.69, 9.17) is 9.15 Å². The molecule has 3 nitrogen and oxygen atoms in total. The zero-order chi connectivity index (χ0) is 13.1. The van der Waals surface area contributed by atoms with Gasteiger partial charge in [0, 0.05) is 6.42 Å². The quantitative estimate of drug-likeness (QED) is 0.893. The molecule has 3 rings (SSSR count). The highest BCUT2D eigenvalue weighted by Crippen LogP contribution is 2.27. The van der Waals surface area contributed by atoms with E-state index in [1.54, 1.807) is 6.26 Å². The molecule has 1 aromatic carbocycles. The predicted octanol–water partition coefficient (Wildman–Crippen LogP) is 3.11. The highest BCUT2D eigenvalue weighted by molar-refractivity contribution is 5.39. The molecule has 1 atom stereocenters. The highest BCUT2D eigenvalue weighted by Gasteiger charge is 2.14. The maximum Gasteiger partial charge on any atom is 0.122 e. The molecule has 3 heteroatoms. The van der Waals surface area contributed by atoms with Crippen molar-refractivity contribution in [2.45, 2.75) is 25.3 Å². The van der Waals surface area contributed by atoms with Gasteiger partial charge < -0.3 is 14.5 Å². The molecule has 1 aromatic heterocycles. The molecule has 2 heterocycles. The van der Waals surface area contributed by atoms with Gasteiger partial charge in [-0.3, -0.25) is 0 Å². The molecule has 1 N–H and O–H groups in total. The van der Waals surface area contributed by atoms with Crippen LogP contribution in [0, 0.1) is 0 Å². The second-order valence-electron chi connectivity index (χ2n) is 4.94. The average molecular weight is 257 g/mol. The first-order valence-electron chi connectivity index (χ1n) is 6.82. The normalized spacial score (nSPS) is 15.0. The van der Waals surface area contributed by atoms with Crippen LogP contribution < -0.4 is 10.1 Å². The lowest BCUT2D eigenvalue weighted by atomic mass is 10.0. The Hall–Kier alpha value is -1.74. The van der Waals surface area contributed by atoms with Crippen LogP contribution >= 0.6 is 0 Å². The molecule has 0 fully saturated rings. The van der Waals surface area contributed by atoms with Crippen LogP contribution in [-0.2, 0) is 12.8 Å². The van der Waals surface area contributed by atoms with Crippen molar-refractivity contribution in [3.63, 3.8) is 0 Å². The lowest BCUT2D eigenvalue weighted by Gasteiger charge is -2.13. The summed E-state index contributed by atoms with van der Waals surface area (Å²) < 4.78 is 11.0. The Morgan fingerprint density at radius 3 is 3.05 bits per heavy atom. The van der Waals surface area contributed by atoms with Gasteiger partial charge in [0.05, 0.1) is 18.9 Å². The molecule has 0 saturated heterocycles. The van der Waals surface area contributed by atoms with Crippen molar-refractivity contribution < 1.29 is 9.15 Å². The van der Waals surface area contributed by atoms with Gasteiger partial charge in [-0.2, -0.15) is 0 Å². The number of benzene rings is 1. The van der Waals surface area contributed by atoms with Crippen molar-refractivity contribution in [2.75, 3.05) is 13.7 Å². The minimum absolute atomic E-state index is 0.277. The molecule has 0 bridgehead atoms. The monoisotopic (exact) mass is 257 g/mol. The Morgan fingerprint density at radius 2 is 2.26 bits per heavy atom. The van der Waals surface area contributed by atoms with Gasteiger partial charge in [-0.1, -0.05) is 12.1 Å². The van der Waals surface area contributed by atoms with E-state index in [0.717, 1.165) is 37.4 Å². The number of rotatable bonds is 5. The fraction of sp³-hybridized carbons (Fsp3) is 0.375. The summed E-state index contributed by atoms with van der Waals surface area (Å²) in [6.45, 7) is 0.824. The summed E-state index contributed by atoms with van der Waals surface area (Å²) in [7, 11) is 1.98. The van der Waals surface area contributed by atoms with Crippen molar-refractivity contribution in [1.82, 2.24) is 5.32 Å². The average Bonchev–Trinajstić information content (AvgIpc) is 3.10. The molecule has 0 aliphatic carbocycles. The molecule has 0 amide bonds. The number of hydrogen-bond acceptors (Lipinski definition) is 3. The second kappa shape index (κ2) is 5.49. The number of furan rings is 1. The third kappa shape index (κ3) is 2.66. The Bertz CT molecular complexity index is 534. The summed E-state index contributed by atoms with van der Waals surface area (Å²) >= 11 is 0. The van der Waals surface area contributed by atoms with E-state index in [9.17, 15) is 0 Å². The molecule has 1 aliphatic rings. The Morgan fingerprint density at radius 1 is 1.32 bits per heavy atom. The van der Waals surface area contributed by atoms with Crippen LogP contribution in [0.15, 0.2) is 41.0 Å². The summed E-state index contributed by atoms with van der Waals surface area (Å²) in [6, 6.07) is 10.8. The van der Waals surface area contributed by atoms with Crippen LogP contribution in [-0.4, -0.2) is 13.7 Å². The number of nitrogens with one attached hydrogen (secondary N) is 1. The van der Waals surface area contributed by atoms with Crippen LogP contribution in [0.1, 0.15) is 29.3 Å². The summed E-state index contributed by atoms with van der Waals surface area (Å²) in [4.78, 5) is 0. The molecular weight excluding hydrogens is 238 g/mol. The van der Waals surface area contributed by atoms with Crippen molar-refractivity contribution in [1.29, 1.82) is 0 Å². The smallest absolute Gasteiger partial charge is 0.122 e. The molecule has 0 saturated carbocycles. The molecule has 0 spiro atoms. The maximum absolute atomic E-state index is 5.53. The molecule has 19 heavy (non-hydrogen) atoms. The Kier molecular flexibility index (Phi) is 3.56. The third-order valence-electron chi connectivity index (χ3n) is 3.71. The van der Waals surface area contributed by atoms with Crippen molar-refractivity contribution in [3.8, 4) is 5.75 Å². The molecule has 0 radical (unpaired) electrons. The van der Waals surface area contributed by atoms with E-state index in [1.165, 1.54) is 11.1 Å². The first kappa shape index (κ1) is 12.3. The lowest BCUT2D eigenvalue weighted by Crippen LogP contribution is -2.16. The molecular formula is C16H19NO2. The fourth-order valence-corrected chi connectivity index (χ4v) is 2.62. The summed E-state index contributed by atoms with van der Waals surface area (Å²) in [5.74, 6) is 2.06. The third-order valence-corrected chi connectivity index (χ3v) is 3.71. The van der Waals surface area contributed by atoms with Crippen LogP contribution in [0.25, 0.3) is 0 Å². The first-order valence-corrected chi connectivity index (χ1v) is 6.82. The number of ether oxygens (including phenoxy) is 1. The minimum atomic E-state index is 0.277. The van der Waals surface area contributed by atoms with Gasteiger partial charge in [-0.25, -0.2) is 0 Å². The Labute approximate surface area is 113 Å². The van der Waals surface area contributed by atoms with E-state index in [0.29, 0.717) is 0 Å². The number of aryl methyl sites for hydroxylation is 1. The van der Waals surface area contributed by atoms with Gasteiger partial charge in [0.15, 0.2) is 0 Å². The van der Waals surface area contributed by atoms with Gasteiger partial charge in [0.1, 0.15) is 11.5 Å². The van der Waals surface area contributed by atoms with Gasteiger partial charge in [-0.15, -0.1) is 0 Å². The molecule has 1 aliphatic heterocycles. The standard InChI is InChI=1S/C16H19NO2/c1-17-14(16-3-2-9-18-16)6-4-12-5-7-15-13(11-12)8-10-19-15/h2-3,5,7,9,11,14,17H,4,6,8,10H2,1H3. The largest absolute Gasteiger partial charge is 0.493 e. The molecule has 1 unspecified atom stereocenters. The summed E-state index contributed by atoms with van der Waals surface area (Å²) in [6.07, 6.45) is 4.84. The number of hydrogen-bond donors (Lipinski definition) is 1. The first-order chi connectivity index (χ1) is 9.36. The molecule has 2 aromatic rings. The van der Waals surface area contributed by atoms with Crippen molar-refractivity contribution in [3.05, 3.63) is 53.5 Å². The van der Waals surface area contributed by atoms with E-state index >= 15 is 0 Å². The van der Waals surface area contributed by atoms with Crippen LogP contribution in [0.2, 0.25) is 0 Å². The van der Waals surface area contributed by atoms with Crippen molar-refractivity contribution in [2.24, 2.45) is 0 Å². The van der Waals surface area contributed by atoms with Crippen LogP contribution in [0.3, 0.4) is 0 Å². The van der Waals surface area contributed by atoms with E-state index in [1.807, 2.05) is 19.2 Å². The second-order valence-corrected chi connectivity index (χ2v) is 4.94. The van der Waals surface area contributed by atoms with Crippen molar-refractivity contribution >= 4 is 0 Å². The van der Waals surface area contributed by atoms with E-state index < -0.39 is 0 Å². The van der Waals surface area contributed by atoms with Gasteiger partial charge in [-0.05, 0) is 49.2 Å². The van der Waals surface area contributed by atoms with E-state index in [-0.39, 0.29) is 6.04 Å². The zero-order valence-electron chi connectivity index (χ0n) is 11.2. The SMILES string of the molecule is CNC(CCc1ccc2c(c1)CCO2)c1ccco1. The molecule has 100 valence electrons. The van der Waals surface area contributed by atoms with E-state index in [2.05, 4.69) is 23.5 Å². The van der Waals surface area contributed by atoms with Crippen LogP contribution in [0.5, 0.6) is 5.75 Å². The predicted molar refractivity (Wildman–Crippen MR) is 74.5 cm³/mol. The summed E-state index contributed by atoms with van der Waals surface area (Å²) in [5, 5.41) is 3.31. The number of fused-ring (bicyclic) bond motifs is 1. The topological polar surface area (TPSA) is 34.4 Å². The minimum Gasteiger partial charge on any atom is -0.493 e. The maximum atomic E-state index is 5.53. The lowest BCUT2D eigenvalue weighted by molar-refractivity contribution is 0.357. The Balaban J connectivity index is 1.65. The fourth-order valence-electron chi connectivity index (χ4n) is 2.62. The summed E-state index contributed by atoms with van der Waals surface area (Å²) in [5.41, 5.74) is 2.72. The van der Waals surface area contributed by atoms with Crippen LogP contribution in [0.4, 0.5) is 0 Å². The highest BCUT2D eigenvalue weighted by atomic mass is 16.5. The van der Waals surface area contributed by atoms with Gasteiger partial charge in [0.2, 0.25) is 0 Å². The van der Waals surface area contributed by atoms with Gasteiger partial charge in [0.25, 0.3) is 0 Å². The van der Waals surface area contributed by atoms with Gasteiger partial charge >= 0.3 is 0 Å². The zero-order valence-corrected chi connectivity index (χ0v) is 11.2.